The van der Waals surface area contributed by atoms with Crippen LogP contribution in [-0.4, -0.2) is 5.11 Å². The molecule has 1 N–H and O–H groups in total. The summed E-state index contributed by atoms with van der Waals surface area (Å²) in [5, 5.41) is 9.22. The van der Waals surface area contributed by atoms with Gasteiger partial charge in [0.05, 0.1) is 0 Å². The Morgan fingerprint density at radius 3 is 2.29 bits per heavy atom. The third kappa shape index (κ3) is 1.83. The van der Waals surface area contributed by atoms with Gasteiger partial charge in [-0.3, -0.25) is 0 Å². The van der Waals surface area contributed by atoms with Crippen LogP contribution in [-0.2, 0) is 0 Å². The molecule has 0 radical (unpaired) electrons. The van der Waals surface area contributed by atoms with Crippen LogP contribution in [0.3, 0.4) is 0 Å². The van der Waals surface area contributed by atoms with Crippen LogP contribution in [0.15, 0.2) is 54.8 Å². The Bertz CT molecular complexity index is 570. The van der Waals surface area contributed by atoms with E-state index in [1.165, 1.54) is 0 Å². The minimum absolute atomic E-state index is 0.228. The van der Waals surface area contributed by atoms with E-state index < -0.39 is 0 Å². The maximum absolute atomic E-state index is 9.22. The highest BCUT2D eigenvalue weighted by Gasteiger charge is 2.14. The van der Waals surface area contributed by atoms with Crippen LogP contribution < -0.4 is 9.47 Å². The summed E-state index contributed by atoms with van der Waals surface area (Å²) in [5.41, 5.74) is 0.859. The first-order chi connectivity index (χ1) is 8.33. The van der Waals surface area contributed by atoms with Gasteiger partial charge < -0.3 is 14.6 Å². The normalized spacial score (nSPS) is 13.1. The molecule has 0 unspecified atom stereocenters. The third-order valence-corrected chi connectivity index (χ3v) is 2.51. The largest absolute Gasteiger partial charge is 0.508 e. The second-order valence-electron chi connectivity index (χ2n) is 3.70. The fourth-order valence-electron chi connectivity index (χ4n) is 1.64. The minimum Gasteiger partial charge on any atom is -0.508 e. The Morgan fingerprint density at radius 1 is 0.824 bits per heavy atom. The van der Waals surface area contributed by atoms with Crippen LogP contribution in [0.5, 0.6) is 17.2 Å². The number of phenolic OH excluding ortho intramolecular Hbond substituents is 1. The Hall–Kier alpha value is -2.42. The average Bonchev–Trinajstić information content (AvgIpc) is 2.39. The lowest BCUT2D eigenvalue weighted by Crippen LogP contribution is -2.03. The summed E-state index contributed by atoms with van der Waals surface area (Å²) in [6, 6.07) is 14.3. The quantitative estimate of drug-likeness (QED) is 0.811. The lowest BCUT2D eigenvalue weighted by Gasteiger charge is -2.17. The second kappa shape index (κ2) is 3.87. The first-order valence-corrected chi connectivity index (χ1v) is 5.26. The number of fused-ring (bicyclic) bond motifs is 1. The van der Waals surface area contributed by atoms with Gasteiger partial charge >= 0.3 is 0 Å². The fraction of sp³-hybridized carbons (Fsp3) is 0. The van der Waals surface area contributed by atoms with E-state index in [2.05, 4.69) is 0 Å². The molecule has 0 saturated heterocycles. The number of ether oxygens (including phenoxy) is 2. The standard InChI is InChI=1S/C14H10O3/c15-11-7-5-10(6-8-11)14-9-16-12-3-1-2-4-13(12)17-14/h1-9,15H. The number of aromatic hydroxyl groups is 1. The maximum atomic E-state index is 9.22. The van der Waals surface area contributed by atoms with E-state index >= 15 is 0 Å². The van der Waals surface area contributed by atoms with Crippen molar-refractivity contribution in [2.75, 3.05) is 0 Å². The van der Waals surface area contributed by atoms with Gasteiger partial charge in [-0.2, -0.15) is 0 Å². The van der Waals surface area contributed by atoms with Gasteiger partial charge in [0, 0.05) is 5.56 Å². The summed E-state index contributed by atoms with van der Waals surface area (Å²) in [4.78, 5) is 0. The van der Waals surface area contributed by atoms with Crippen molar-refractivity contribution in [1.29, 1.82) is 0 Å². The molecule has 1 aliphatic heterocycles. The summed E-state index contributed by atoms with van der Waals surface area (Å²) < 4.78 is 11.2. The molecule has 17 heavy (non-hydrogen) atoms. The SMILES string of the molecule is Oc1ccc(C2=COc3ccccc3O2)cc1. The zero-order valence-corrected chi connectivity index (χ0v) is 8.96. The summed E-state index contributed by atoms with van der Waals surface area (Å²) in [5.74, 6) is 2.25. The predicted octanol–water partition coefficient (Wildman–Crippen LogP) is 3.16. The van der Waals surface area contributed by atoms with Gasteiger partial charge in [-0.25, -0.2) is 0 Å². The smallest absolute Gasteiger partial charge is 0.170 e. The number of benzene rings is 2. The molecule has 0 atom stereocenters. The topological polar surface area (TPSA) is 38.7 Å². The van der Waals surface area contributed by atoms with Crippen molar-refractivity contribution >= 4 is 5.76 Å². The fourth-order valence-corrected chi connectivity index (χ4v) is 1.64. The monoisotopic (exact) mass is 226 g/mol. The molecule has 2 aromatic carbocycles. The van der Waals surface area contributed by atoms with Gasteiger partial charge in [0.1, 0.15) is 12.0 Å². The van der Waals surface area contributed by atoms with Crippen molar-refractivity contribution in [3.05, 3.63) is 60.4 Å². The van der Waals surface area contributed by atoms with Gasteiger partial charge in [0.15, 0.2) is 17.3 Å². The second-order valence-corrected chi connectivity index (χ2v) is 3.70. The first-order valence-electron chi connectivity index (χ1n) is 5.26. The lowest BCUT2D eigenvalue weighted by molar-refractivity contribution is 0.383. The van der Waals surface area contributed by atoms with E-state index in [0.717, 1.165) is 5.56 Å². The van der Waals surface area contributed by atoms with Crippen molar-refractivity contribution in [3.8, 4) is 17.2 Å². The maximum Gasteiger partial charge on any atom is 0.170 e. The van der Waals surface area contributed by atoms with Gasteiger partial charge in [-0.1, -0.05) is 12.1 Å². The average molecular weight is 226 g/mol. The Balaban J connectivity index is 1.93. The molecular weight excluding hydrogens is 216 g/mol. The number of hydrogen-bond donors (Lipinski definition) is 1. The van der Waals surface area contributed by atoms with Crippen molar-refractivity contribution in [1.82, 2.24) is 0 Å². The molecular formula is C14H10O3. The number of para-hydroxylation sites is 2. The Kier molecular flexibility index (Phi) is 2.22. The number of phenols is 1. The van der Waals surface area contributed by atoms with Crippen molar-refractivity contribution in [2.24, 2.45) is 0 Å². The summed E-state index contributed by atoms with van der Waals surface area (Å²) in [6.07, 6.45) is 1.56. The molecule has 3 heteroatoms. The van der Waals surface area contributed by atoms with E-state index in [9.17, 15) is 5.11 Å². The predicted molar refractivity (Wildman–Crippen MR) is 63.8 cm³/mol. The highest BCUT2D eigenvalue weighted by molar-refractivity contribution is 5.65. The van der Waals surface area contributed by atoms with Crippen LogP contribution in [0.25, 0.3) is 5.76 Å². The summed E-state index contributed by atoms with van der Waals surface area (Å²) >= 11 is 0. The zero-order chi connectivity index (χ0) is 11.7. The highest BCUT2D eigenvalue weighted by Crippen LogP contribution is 2.34. The summed E-state index contributed by atoms with van der Waals surface area (Å²) in [7, 11) is 0. The molecule has 3 rings (SSSR count). The molecule has 0 aromatic heterocycles. The number of rotatable bonds is 1. The van der Waals surface area contributed by atoms with Gasteiger partial charge in [0.2, 0.25) is 0 Å². The van der Waals surface area contributed by atoms with Crippen molar-refractivity contribution < 1.29 is 14.6 Å². The van der Waals surface area contributed by atoms with Crippen LogP contribution in [0.1, 0.15) is 5.56 Å². The van der Waals surface area contributed by atoms with Gasteiger partial charge in [-0.15, -0.1) is 0 Å². The van der Waals surface area contributed by atoms with E-state index in [-0.39, 0.29) is 5.75 Å². The lowest BCUT2D eigenvalue weighted by atomic mass is 10.2. The Morgan fingerprint density at radius 2 is 1.53 bits per heavy atom. The molecule has 84 valence electrons. The van der Waals surface area contributed by atoms with Crippen LogP contribution in [0.4, 0.5) is 0 Å². The van der Waals surface area contributed by atoms with Crippen molar-refractivity contribution in [3.63, 3.8) is 0 Å². The Labute approximate surface area is 98.5 Å². The molecule has 3 nitrogen and oxygen atoms in total. The molecule has 0 amide bonds. The molecule has 1 heterocycles. The summed E-state index contributed by atoms with van der Waals surface area (Å²) in [6.45, 7) is 0. The molecule has 0 saturated carbocycles. The molecule has 2 aromatic rings. The zero-order valence-electron chi connectivity index (χ0n) is 8.96. The van der Waals surface area contributed by atoms with Crippen molar-refractivity contribution in [2.45, 2.75) is 0 Å². The van der Waals surface area contributed by atoms with Gasteiger partial charge in [0.25, 0.3) is 0 Å². The molecule has 0 spiro atoms. The third-order valence-electron chi connectivity index (χ3n) is 2.51. The highest BCUT2D eigenvalue weighted by atomic mass is 16.6. The van der Waals surface area contributed by atoms with Crippen LogP contribution in [0.2, 0.25) is 0 Å². The van der Waals surface area contributed by atoms with E-state index in [0.29, 0.717) is 17.3 Å². The molecule has 0 bridgehead atoms. The van der Waals surface area contributed by atoms with Gasteiger partial charge in [-0.05, 0) is 36.4 Å². The number of hydrogen-bond acceptors (Lipinski definition) is 3. The van der Waals surface area contributed by atoms with E-state index in [1.54, 1.807) is 30.5 Å². The first kappa shape index (κ1) is 9.78. The van der Waals surface area contributed by atoms with Crippen LogP contribution >= 0.6 is 0 Å². The van der Waals surface area contributed by atoms with E-state index in [1.807, 2.05) is 24.3 Å². The van der Waals surface area contributed by atoms with E-state index in [4.69, 9.17) is 9.47 Å². The van der Waals surface area contributed by atoms with Crippen LogP contribution in [0, 0.1) is 0 Å². The molecule has 1 aliphatic rings. The molecule has 0 aliphatic carbocycles. The molecule has 0 fully saturated rings. The minimum atomic E-state index is 0.228.